The number of anilines is 2. The van der Waals surface area contributed by atoms with E-state index in [0.717, 1.165) is 21.7 Å². The number of rotatable bonds is 8. The van der Waals surface area contributed by atoms with Crippen molar-refractivity contribution in [3.8, 4) is 10.6 Å². The van der Waals surface area contributed by atoms with Gasteiger partial charge in [-0.3, -0.25) is 9.10 Å². The Balaban J connectivity index is 1.58. The van der Waals surface area contributed by atoms with E-state index in [-0.39, 0.29) is 18.9 Å². The highest BCUT2D eigenvalue weighted by Crippen LogP contribution is 2.27. The Morgan fingerprint density at radius 1 is 1.07 bits per heavy atom. The van der Waals surface area contributed by atoms with Gasteiger partial charge in [-0.25, -0.2) is 8.42 Å². The highest BCUT2D eigenvalue weighted by atomic mass is 32.2. The first kappa shape index (κ1) is 21.9. The summed E-state index contributed by atoms with van der Waals surface area (Å²) < 4.78 is 25.8. The van der Waals surface area contributed by atoms with Gasteiger partial charge >= 0.3 is 0 Å². The summed E-state index contributed by atoms with van der Waals surface area (Å²) >= 11 is 1.30. The summed E-state index contributed by atoms with van der Waals surface area (Å²) in [7, 11) is -3.45. The van der Waals surface area contributed by atoms with Crippen LogP contribution in [0, 0.1) is 13.8 Å². The third-order valence-electron chi connectivity index (χ3n) is 4.52. The van der Waals surface area contributed by atoms with E-state index < -0.39 is 10.0 Å². The number of hydrogen-bond donors (Lipinski definition) is 1. The Hall–Kier alpha value is -2.78. The molecule has 0 aliphatic carbocycles. The number of amides is 1. The Morgan fingerprint density at radius 3 is 2.43 bits per heavy atom. The fourth-order valence-electron chi connectivity index (χ4n) is 2.96. The van der Waals surface area contributed by atoms with Gasteiger partial charge in [-0.1, -0.05) is 59.4 Å². The van der Waals surface area contributed by atoms with Crippen LogP contribution >= 0.6 is 11.3 Å². The van der Waals surface area contributed by atoms with Crippen molar-refractivity contribution in [3.63, 3.8) is 0 Å². The molecular formula is C21H24N4O3S2. The Bertz CT molecular complexity index is 1130. The van der Waals surface area contributed by atoms with Crippen molar-refractivity contribution in [2.45, 2.75) is 26.7 Å². The number of para-hydroxylation sites is 1. The van der Waals surface area contributed by atoms with Crippen LogP contribution in [0.25, 0.3) is 10.6 Å². The van der Waals surface area contributed by atoms with Gasteiger partial charge < -0.3 is 5.32 Å². The van der Waals surface area contributed by atoms with Gasteiger partial charge in [0.05, 0.1) is 11.9 Å². The lowest BCUT2D eigenvalue weighted by molar-refractivity contribution is -0.116. The molecule has 0 aliphatic rings. The molecule has 7 nitrogen and oxygen atoms in total. The predicted molar refractivity (Wildman–Crippen MR) is 121 cm³/mol. The largest absolute Gasteiger partial charge is 0.301 e. The summed E-state index contributed by atoms with van der Waals surface area (Å²) in [5.41, 5.74) is 3.60. The van der Waals surface area contributed by atoms with Gasteiger partial charge in [0.1, 0.15) is 5.01 Å². The van der Waals surface area contributed by atoms with Gasteiger partial charge in [-0.2, -0.15) is 0 Å². The third kappa shape index (κ3) is 5.64. The van der Waals surface area contributed by atoms with Crippen LogP contribution in [0.1, 0.15) is 24.0 Å². The smallest absolute Gasteiger partial charge is 0.232 e. The quantitative estimate of drug-likeness (QED) is 0.567. The third-order valence-corrected chi connectivity index (χ3v) is 6.59. The molecule has 9 heteroatoms. The molecule has 0 atom stereocenters. The molecule has 0 unspecified atom stereocenters. The number of aromatic nitrogens is 2. The lowest BCUT2D eigenvalue weighted by atomic mass is 10.2. The molecule has 0 fully saturated rings. The van der Waals surface area contributed by atoms with Gasteiger partial charge in [-0.15, -0.1) is 10.2 Å². The van der Waals surface area contributed by atoms with Crippen molar-refractivity contribution in [1.82, 2.24) is 10.2 Å². The summed E-state index contributed by atoms with van der Waals surface area (Å²) in [6.07, 6.45) is 1.74. The zero-order chi connectivity index (χ0) is 21.7. The van der Waals surface area contributed by atoms with Crippen molar-refractivity contribution in [3.05, 3.63) is 59.7 Å². The maximum absolute atomic E-state index is 12.3. The molecule has 1 heterocycles. The summed E-state index contributed by atoms with van der Waals surface area (Å²) in [6, 6.07) is 15.2. The van der Waals surface area contributed by atoms with Crippen LogP contribution in [-0.2, 0) is 14.8 Å². The molecule has 0 saturated carbocycles. The molecular weight excluding hydrogens is 420 g/mol. The zero-order valence-corrected chi connectivity index (χ0v) is 18.8. The van der Waals surface area contributed by atoms with E-state index in [9.17, 15) is 13.2 Å². The van der Waals surface area contributed by atoms with Crippen molar-refractivity contribution in [2.24, 2.45) is 0 Å². The predicted octanol–water partition coefficient (Wildman–Crippen LogP) is 4.01. The molecule has 0 radical (unpaired) electrons. The number of aryl methyl sites for hydroxylation is 2. The minimum atomic E-state index is -3.45. The first-order chi connectivity index (χ1) is 14.2. The summed E-state index contributed by atoms with van der Waals surface area (Å²) in [5.74, 6) is -0.222. The van der Waals surface area contributed by atoms with E-state index >= 15 is 0 Å². The maximum Gasteiger partial charge on any atom is 0.232 e. The number of carbonyl (C=O) groups excluding carboxylic acids is 1. The number of hydrogen-bond acceptors (Lipinski definition) is 6. The van der Waals surface area contributed by atoms with E-state index in [2.05, 4.69) is 15.5 Å². The highest BCUT2D eigenvalue weighted by Gasteiger charge is 2.19. The van der Waals surface area contributed by atoms with Crippen molar-refractivity contribution < 1.29 is 13.2 Å². The zero-order valence-electron chi connectivity index (χ0n) is 17.1. The van der Waals surface area contributed by atoms with Crippen molar-refractivity contribution >= 4 is 38.1 Å². The number of benzene rings is 2. The molecule has 0 bridgehead atoms. The van der Waals surface area contributed by atoms with Crippen LogP contribution in [0.2, 0.25) is 0 Å². The topological polar surface area (TPSA) is 92.3 Å². The van der Waals surface area contributed by atoms with Gasteiger partial charge in [0.25, 0.3) is 0 Å². The molecule has 1 amide bonds. The van der Waals surface area contributed by atoms with Gasteiger partial charge in [-0.05, 0) is 31.9 Å². The SMILES string of the molecule is Cc1ccc(-c2nnc(NC(=O)CCCN(c3ccccc3C)S(C)(=O)=O)s2)cc1. The molecule has 1 N–H and O–H groups in total. The van der Waals surface area contributed by atoms with E-state index in [1.165, 1.54) is 21.9 Å². The van der Waals surface area contributed by atoms with Crippen LogP contribution in [0.3, 0.4) is 0 Å². The molecule has 2 aromatic carbocycles. The van der Waals surface area contributed by atoms with Crippen LogP contribution in [0.5, 0.6) is 0 Å². The summed E-state index contributed by atoms with van der Waals surface area (Å²) in [5, 5.41) is 12.1. The number of sulfonamides is 1. The van der Waals surface area contributed by atoms with Crippen LogP contribution in [0.15, 0.2) is 48.5 Å². The van der Waals surface area contributed by atoms with Gasteiger partial charge in [0.15, 0.2) is 0 Å². The van der Waals surface area contributed by atoms with E-state index in [0.29, 0.717) is 17.2 Å². The molecule has 3 rings (SSSR count). The second-order valence-electron chi connectivity index (χ2n) is 7.05. The first-order valence-corrected chi connectivity index (χ1v) is 12.1. The molecule has 158 valence electrons. The van der Waals surface area contributed by atoms with E-state index in [4.69, 9.17) is 0 Å². The molecule has 0 saturated heterocycles. The molecule has 30 heavy (non-hydrogen) atoms. The fourth-order valence-corrected chi connectivity index (χ4v) is 4.75. The first-order valence-electron chi connectivity index (χ1n) is 9.48. The summed E-state index contributed by atoms with van der Waals surface area (Å²) in [4.78, 5) is 12.3. The molecule has 1 aromatic heterocycles. The monoisotopic (exact) mass is 444 g/mol. The molecule has 0 spiro atoms. The fraction of sp³-hybridized carbons (Fsp3) is 0.286. The van der Waals surface area contributed by atoms with Crippen molar-refractivity contribution in [2.75, 3.05) is 22.4 Å². The van der Waals surface area contributed by atoms with Crippen LogP contribution < -0.4 is 9.62 Å². The minimum Gasteiger partial charge on any atom is -0.301 e. The van der Waals surface area contributed by atoms with E-state index in [1.807, 2.05) is 50.2 Å². The second kappa shape index (κ2) is 9.36. The second-order valence-corrected chi connectivity index (χ2v) is 9.94. The Labute approximate surface area is 180 Å². The lowest BCUT2D eigenvalue weighted by Gasteiger charge is -2.24. The van der Waals surface area contributed by atoms with Gasteiger partial charge in [0.2, 0.25) is 21.1 Å². The normalized spacial score (nSPS) is 11.3. The Kier molecular flexibility index (Phi) is 6.84. The lowest BCUT2D eigenvalue weighted by Crippen LogP contribution is -2.32. The standard InChI is InChI=1S/C21H24N4O3S2/c1-15-10-12-17(13-11-15)20-23-24-21(29-20)22-19(26)9-6-14-25(30(3,27)28)18-8-5-4-7-16(18)2/h4-5,7-8,10-13H,6,9,14H2,1-3H3,(H,22,24,26). The van der Waals surface area contributed by atoms with Crippen LogP contribution in [0.4, 0.5) is 10.8 Å². The maximum atomic E-state index is 12.3. The van der Waals surface area contributed by atoms with Crippen LogP contribution in [-0.4, -0.2) is 37.3 Å². The Morgan fingerprint density at radius 2 is 1.77 bits per heavy atom. The van der Waals surface area contributed by atoms with Gasteiger partial charge in [0, 0.05) is 18.5 Å². The average molecular weight is 445 g/mol. The minimum absolute atomic E-state index is 0.178. The van der Waals surface area contributed by atoms with E-state index in [1.54, 1.807) is 12.1 Å². The molecule has 3 aromatic rings. The number of carbonyl (C=O) groups is 1. The molecule has 0 aliphatic heterocycles. The summed E-state index contributed by atoms with van der Waals surface area (Å²) in [6.45, 7) is 4.10. The number of nitrogens with one attached hydrogen (secondary N) is 1. The average Bonchev–Trinajstić information content (AvgIpc) is 3.14. The van der Waals surface area contributed by atoms with Crippen molar-refractivity contribution in [1.29, 1.82) is 0 Å². The highest BCUT2D eigenvalue weighted by molar-refractivity contribution is 7.92. The number of nitrogens with zero attached hydrogens (tertiary/aromatic N) is 3.